The number of hydrogen-bond acceptors (Lipinski definition) is 0. The van der Waals surface area contributed by atoms with Gasteiger partial charge in [0.2, 0.25) is 0 Å². The van der Waals surface area contributed by atoms with Crippen molar-refractivity contribution in [3.63, 3.8) is 0 Å². The van der Waals surface area contributed by atoms with Crippen molar-refractivity contribution >= 4 is 67.8 Å². The van der Waals surface area contributed by atoms with Crippen molar-refractivity contribution in [3.8, 4) is 0 Å². The van der Waals surface area contributed by atoms with Gasteiger partial charge < -0.3 is 0 Å². The van der Waals surface area contributed by atoms with Crippen molar-refractivity contribution in [1.29, 1.82) is 0 Å². The summed E-state index contributed by atoms with van der Waals surface area (Å²) in [5.74, 6) is 1.06. The lowest BCUT2D eigenvalue weighted by atomic mass is 9.56. The van der Waals surface area contributed by atoms with Crippen molar-refractivity contribution in [3.05, 3.63) is 0 Å². The van der Waals surface area contributed by atoms with Crippen LogP contribution in [-0.2, 0) is 0 Å². The third-order valence-electron chi connectivity index (χ3n) is 3.86. The minimum absolute atomic E-state index is 0.680. The second-order valence-electron chi connectivity index (χ2n) is 5.46. The predicted octanol–water partition coefficient (Wildman–Crippen LogP) is 4.51. The van der Waals surface area contributed by atoms with Crippen molar-refractivity contribution in [2.45, 2.75) is 48.8 Å². The van der Waals surface area contributed by atoms with Gasteiger partial charge in [-0.15, -0.1) is 0 Å². The molecule has 4 saturated carbocycles. The lowest BCUT2D eigenvalue weighted by molar-refractivity contribution is 0.101. The van der Waals surface area contributed by atoms with Crippen LogP contribution in [0.1, 0.15) is 38.5 Å². The lowest BCUT2D eigenvalue weighted by Gasteiger charge is -2.61. The molecule has 4 aliphatic carbocycles. The minimum Gasteiger partial charge on any atom is -0.0788 e. The highest BCUT2D eigenvalue weighted by Crippen LogP contribution is 2.67. The zero-order valence-electron chi connectivity index (χ0n) is 7.45. The van der Waals surface area contributed by atoms with Crippen molar-refractivity contribution in [2.75, 3.05) is 0 Å². The van der Waals surface area contributed by atoms with Crippen LogP contribution in [0.25, 0.3) is 0 Å². The normalized spacial score (nSPS) is 64.4. The Kier molecular flexibility index (Phi) is 2.31. The molecule has 0 saturated heterocycles. The van der Waals surface area contributed by atoms with E-state index in [2.05, 4.69) is 67.8 Å². The summed E-state index contributed by atoms with van der Waals surface area (Å²) in [5.41, 5.74) is 0. The van der Waals surface area contributed by atoms with Gasteiger partial charge in [-0.1, -0.05) is 67.8 Å². The number of alkyl halides is 3. The quantitative estimate of drug-likeness (QED) is 0.330. The van der Waals surface area contributed by atoms with Crippen LogP contribution in [0.2, 0.25) is 0 Å². The molecule has 4 rings (SSSR count). The van der Waals surface area contributed by atoms with E-state index in [0.29, 0.717) is 10.3 Å². The summed E-state index contributed by atoms with van der Waals surface area (Å²) in [6, 6.07) is 0. The first-order valence-corrected chi connectivity index (χ1v) is 8.21. The van der Waals surface area contributed by atoms with E-state index in [1.54, 1.807) is 0 Å². The molecule has 0 amide bonds. The molecule has 0 aromatic heterocycles. The van der Waals surface area contributed by atoms with Gasteiger partial charge in [0.1, 0.15) is 0 Å². The monoisotopic (exact) mass is 514 g/mol. The van der Waals surface area contributed by atoms with Gasteiger partial charge in [0.15, 0.2) is 0 Å². The van der Waals surface area contributed by atoms with Gasteiger partial charge >= 0.3 is 0 Å². The third-order valence-corrected chi connectivity index (χ3v) is 7.47. The van der Waals surface area contributed by atoms with Gasteiger partial charge in [0.05, 0.1) is 0 Å². The fraction of sp³-hybridized carbons (Fsp3) is 1.00. The molecule has 4 bridgehead atoms. The molecule has 0 atom stereocenters. The van der Waals surface area contributed by atoms with E-state index in [1.165, 1.54) is 38.5 Å². The van der Waals surface area contributed by atoms with Crippen molar-refractivity contribution < 1.29 is 0 Å². The highest BCUT2D eigenvalue weighted by Gasteiger charge is 2.60. The van der Waals surface area contributed by atoms with Crippen LogP contribution in [0.3, 0.4) is 0 Å². The molecular formula is C10H13I3. The van der Waals surface area contributed by atoms with Crippen LogP contribution in [0.5, 0.6) is 0 Å². The Hall–Kier alpha value is 2.19. The van der Waals surface area contributed by atoms with Crippen LogP contribution in [0, 0.1) is 5.92 Å². The second kappa shape index (κ2) is 2.90. The van der Waals surface area contributed by atoms with Gasteiger partial charge in [-0.2, -0.15) is 0 Å². The summed E-state index contributed by atoms with van der Waals surface area (Å²) >= 11 is 8.33. The van der Waals surface area contributed by atoms with E-state index < -0.39 is 0 Å². The van der Waals surface area contributed by atoms with E-state index in [9.17, 15) is 0 Å². The number of hydrogen-bond donors (Lipinski definition) is 0. The zero-order valence-corrected chi connectivity index (χ0v) is 13.9. The van der Waals surface area contributed by atoms with Gasteiger partial charge in [-0.3, -0.25) is 0 Å². The first kappa shape index (κ1) is 10.4. The fourth-order valence-corrected chi connectivity index (χ4v) is 12.5. The van der Waals surface area contributed by atoms with E-state index >= 15 is 0 Å². The molecule has 4 aliphatic rings. The van der Waals surface area contributed by atoms with Crippen LogP contribution >= 0.6 is 67.8 Å². The Morgan fingerprint density at radius 3 is 1.23 bits per heavy atom. The first-order valence-electron chi connectivity index (χ1n) is 4.97. The summed E-state index contributed by atoms with van der Waals surface area (Å²) in [6.07, 6.45) is 9.02. The Labute approximate surface area is 121 Å². The topological polar surface area (TPSA) is 0 Å². The van der Waals surface area contributed by atoms with E-state index in [1.807, 2.05) is 0 Å². The molecule has 4 fully saturated rings. The van der Waals surface area contributed by atoms with Crippen molar-refractivity contribution in [1.82, 2.24) is 0 Å². The average Bonchev–Trinajstić information content (AvgIpc) is 1.71. The van der Waals surface area contributed by atoms with E-state index in [-0.39, 0.29) is 0 Å². The molecular weight excluding hydrogens is 501 g/mol. The largest absolute Gasteiger partial charge is 0.0788 e. The molecule has 0 nitrogen and oxygen atoms in total. The van der Waals surface area contributed by atoms with E-state index in [4.69, 9.17) is 0 Å². The molecule has 0 radical (unpaired) electrons. The SMILES string of the molecule is IC12CC3CC(I)(C1)CC(I)(C3)C2. The molecule has 0 heterocycles. The minimum atomic E-state index is 0.680. The first-order chi connectivity index (χ1) is 5.91. The predicted molar refractivity (Wildman–Crippen MR) is 81.4 cm³/mol. The third kappa shape index (κ3) is 1.70. The Morgan fingerprint density at radius 1 is 0.692 bits per heavy atom. The Morgan fingerprint density at radius 2 is 1.00 bits per heavy atom. The van der Waals surface area contributed by atoms with Crippen LogP contribution in [0.15, 0.2) is 0 Å². The summed E-state index contributed by atoms with van der Waals surface area (Å²) in [6.45, 7) is 0. The summed E-state index contributed by atoms with van der Waals surface area (Å²) in [5, 5.41) is 0. The van der Waals surface area contributed by atoms with Gasteiger partial charge in [-0.05, 0) is 44.4 Å². The maximum atomic E-state index is 2.78. The average molecular weight is 514 g/mol. The molecule has 0 N–H and O–H groups in total. The molecule has 0 aromatic carbocycles. The fourth-order valence-electron chi connectivity index (χ4n) is 4.09. The summed E-state index contributed by atoms with van der Waals surface area (Å²) in [7, 11) is 0. The molecule has 74 valence electrons. The van der Waals surface area contributed by atoms with Crippen LogP contribution in [-0.4, -0.2) is 10.3 Å². The van der Waals surface area contributed by atoms with Crippen LogP contribution in [0.4, 0.5) is 0 Å². The second-order valence-corrected chi connectivity index (χ2v) is 12.3. The Balaban J connectivity index is 2.03. The van der Waals surface area contributed by atoms with Crippen molar-refractivity contribution in [2.24, 2.45) is 5.92 Å². The highest BCUT2D eigenvalue weighted by molar-refractivity contribution is 14.1. The molecule has 0 aromatic rings. The van der Waals surface area contributed by atoms with Crippen LogP contribution < -0.4 is 0 Å². The van der Waals surface area contributed by atoms with Gasteiger partial charge in [0.25, 0.3) is 0 Å². The maximum Gasteiger partial charge on any atom is 0.0250 e. The molecule has 3 heteroatoms. The lowest BCUT2D eigenvalue weighted by Crippen LogP contribution is -2.59. The zero-order chi connectivity index (χ0) is 9.32. The maximum absolute atomic E-state index is 2.78. The van der Waals surface area contributed by atoms with Gasteiger partial charge in [0, 0.05) is 10.3 Å². The molecule has 0 aliphatic heterocycles. The molecule has 13 heavy (non-hydrogen) atoms. The van der Waals surface area contributed by atoms with E-state index in [0.717, 1.165) is 5.92 Å². The number of rotatable bonds is 0. The standard InChI is InChI=1S/C10H13I3/c11-8-1-7-2-9(12,4-8)6-10(13,3-7)5-8/h7H,1-6H2. The smallest absolute Gasteiger partial charge is 0.0250 e. The number of halogens is 3. The molecule has 0 spiro atoms. The summed E-state index contributed by atoms with van der Waals surface area (Å²) in [4.78, 5) is 0. The molecule has 0 unspecified atom stereocenters. The summed E-state index contributed by atoms with van der Waals surface area (Å²) < 4.78 is 2.04. The Bertz CT molecular complexity index is 212. The highest BCUT2D eigenvalue weighted by atomic mass is 127. The van der Waals surface area contributed by atoms with Gasteiger partial charge in [-0.25, -0.2) is 0 Å².